The van der Waals surface area contributed by atoms with Gasteiger partial charge in [0.2, 0.25) is 0 Å². The summed E-state index contributed by atoms with van der Waals surface area (Å²) in [6, 6.07) is 17.0. The van der Waals surface area contributed by atoms with Crippen LogP contribution in [0.1, 0.15) is 16.1 Å². The summed E-state index contributed by atoms with van der Waals surface area (Å²) in [5.74, 6) is -1.05. The van der Waals surface area contributed by atoms with Gasteiger partial charge >= 0.3 is 5.91 Å². The van der Waals surface area contributed by atoms with Gasteiger partial charge in [-0.15, -0.1) is 0 Å². The van der Waals surface area contributed by atoms with E-state index in [9.17, 15) is 14.0 Å². The molecule has 1 heterocycles. The van der Waals surface area contributed by atoms with E-state index in [0.717, 1.165) is 0 Å². The monoisotopic (exact) mass is 379 g/mol. The second-order valence-corrected chi connectivity index (χ2v) is 5.57. The van der Waals surface area contributed by atoms with E-state index in [1.165, 1.54) is 30.3 Å². The van der Waals surface area contributed by atoms with Crippen LogP contribution in [-0.4, -0.2) is 18.4 Å². The Morgan fingerprint density at radius 1 is 1.04 bits per heavy atom. The Kier molecular flexibility index (Phi) is 5.67. The second kappa shape index (κ2) is 8.51. The van der Waals surface area contributed by atoms with Gasteiger partial charge in [0, 0.05) is 5.56 Å². The molecule has 0 radical (unpaired) electrons. The number of halogens is 1. The zero-order valence-corrected chi connectivity index (χ0v) is 14.4. The van der Waals surface area contributed by atoms with Crippen LogP contribution in [-0.2, 0) is 4.79 Å². The smallest absolute Gasteiger partial charge is 0.305 e. The van der Waals surface area contributed by atoms with E-state index in [4.69, 9.17) is 14.4 Å². The fourth-order valence-corrected chi connectivity index (χ4v) is 2.28. The Hall–Kier alpha value is -4.12. The first-order valence-corrected chi connectivity index (χ1v) is 8.13. The Balaban J connectivity index is 1.52. The minimum Gasteiger partial charge on any atom is -0.482 e. The van der Waals surface area contributed by atoms with Gasteiger partial charge < -0.3 is 9.15 Å². The first-order valence-electron chi connectivity index (χ1n) is 8.13. The Labute approximate surface area is 159 Å². The summed E-state index contributed by atoms with van der Waals surface area (Å²) in [5.41, 5.74) is 5.29. The van der Waals surface area contributed by atoms with Crippen LogP contribution >= 0.6 is 0 Å². The number of carbonyl (C=O) groups excluding carboxylic acids is 2. The fraction of sp³-hybridized carbons (Fsp3) is 0.0500. The molecule has 7 nitrogen and oxygen atoms in total. The molecule has 140 valence electrons. The van der Waals surface area contributed by atoms with Crippen molar-refractivity contribution in [3.63, 3.8) is 0 Å². The number of nitriles is 1. The summed E-state index contributed by atoms with van der Waals surface area (Å²) in [6.45, 7) is -0.391. The summed E-state index contributed by atoms with van der Waals surface area (Å²) in [6.07, 6.45) is 0. The van der Waals surface area contributed by atoms with Gasteiger partial charge in [-0.1, -0.05) is 12.1 Å². The van der Waals surface area contributed by atoms with Crippen LogP contribution in [0.2, 0.25) is 0 Å². The number of amides is 2. The van der Waals surface area contributed by atoms with E-state index in [0.29, 0.717) is 16.9 Å². The van der Waals surface area contributed by atoms with E-state index in [1.807, 2.05) is 6.07 Å². The van der Waals surface area contributed by atoms with Gasteiger partial charge in [0.15, 0.2) is 12.4 Å². The van der Waals surface area contributed by atoms with Crippen LogP contribution in [0.4, 0.5) is 4.39 Å². The minimum absolute atomic E-state index is 0.0321. The number of nitrogens with one attached hydrogen (secondary N) is 2. The molecule has 0 spiro atoms. The normalized spacial score (nSPS) is 10.0. The highest BCUT2D eigenvalue weighted by atomic mass is 19.1. The molecule has 0 saturated carbocycles. The number of hydrazine groups is 1. The first kappa shape index (κ1) is 18.7. The van der Waals surface area contributed by atoms with Crippen molar-refractivity contribution in [2.75, 3.05) is 6.61 Å². The number of benzene rings is 2. The molecule has 0 atom stereocenters. The van der Waals surface area contributed by atoms with Crippen molar-refractivity contribution in [1.82, 2.24) is 10.9 Å². The van der Waals surface area contributed by atoms with Crippen LogP contribution in [0.25, 0.3) is 11.3 Å². The molecular formula is C20H14FN3O4. The lowest BCUT2D eigenvalue weighted by molar-refractivity contribution is -0.123. The highest BCUT2D eigenvalue weighted by Gasteiger charge is 2.14. The van der Waals surface area contributed by atoms with E-state index in [2.05, 4.69) is 10.9 Å². The van der Waals surface area contributed by atoms with Crippen molar-refractivity contribution in [2.45, 2.75) is 0 Å². The molecule has 0 unspecified atom stereocenters. The van der Waals surface area contributed by atoms with Crippen molar-refractivity contribution in [3.8, 4) is 23.1 Å². The molecule has 0 aliphatic carbocycles. The van der Waals surface area contributed by atoms with Gasteiger partial charge in [0.05, 0.1) is 5.56 Å². The average Bonchev–Trinajstić information content (AvgIpc) is 3.21. The number of carbonyl (C=O) groups is 2. The van der Waals surface area contributed by atoms with Crippen molar-refractivity contribution in [1.29, 1.82) is 5.26 Å². The summed E-state index contributed by atoms with van der Waals surface area (Å²) < 4.78 is 23.6. The lowest BCUT2D eigenvalue weighted by atomic mass is 10.2. The predicted molar refractivity (Wildman–Crippen MR) is 96.4 cm³/mol. The number of rotatable bonds is 5. The highest BCUT2D eigenvalue weighted by Crippen LogP contribution is 2.22. The van der Waals surface area contributed by atoms with E-state index >= 15 is 0 Å². The quantitative estimate of drug-likeness (QED) is 0.664. The van der Waals surface area contributed by atoms with Crippen molar-refractivity contribution < 1.29 is 23.1 Å². The lowest BCUT2D eigenvalue weighted by Gasteiger charge is -2.08. The maximum Gasteiger partial charge on any atom is 0.305 e. The first-order chi connectivity index (χ1) is 13.6. The molecule has 0 aliphatic heterocycles. The van der Waals surface area contributed by atoms with Gasteiger partial charge in [-0.25, -0.2) is 4.39 Å². The lowest BCUT2D eigenvalue weighted by Crippen LogP contribution is -2.43. The predicted octanol–water partition coefficient (Wildman–Crippen LogP) is 2.80. The Bertz CT molecular complexity index is 1040. The van der Waals surface area contributed by atoms with Crippen LogP contribution < -0.4 is 15.6 Å². The Morgan fingerprint density at radius 2 is 1.79 bits per heavy atom. The fourth-order valence-electron chi connectivity index (χ4n) is 2.28. The molecule has 2 aromatic carbocycles. The van der Waals surface area contributed by atoms with Crippen LogP contribution in [0.15, 0.2) is 65.1 Å². The van der Waals surface area contributed by atoms with E-state index < -0.39 is 18.4 Å². The molecule has 0 bridgehead atoms. The number of hydrogen-bond donors (Lipinski definition) is 2. The molecule has 1 aromatic heterocycles. The SMILES string of the molecule is N#Cc1ccccc1OCC(=O)NNC(=O)c1ccc(-c2ccc(F)cc2)o1. The molecule has 0 aliphatic rings. The number of furan rings is 1. The molecular weight excluding hydrogens is 365 g/mol. The van der Waals surface area contributed by atoms with Gasteiger partial charge in [0.1, 0.15) is 23.4 Å². The summed E-state index contributed by atoms with van der Waals surface area (Å²) in [7, 11) is 0. The van der Waals surface area contributed by atoms with Gasteiger partial charge in [-0.05, 0) is 48.5 Å². The van der Waals surface area contributed by atoms with Crippen molar-refractivity contribution in [2.24, 2.45) is 0 Å². The number of nitrogens with zero attached hydrogens (tertiary/aromatic N) is 1. The molecule has 2 N–H and O–H groups in total. The molecule has 0 fully saturated rings. The standard InChI is InChI=1S/C20H14FN3O4/c21-15-7-5-13(6-8-15)17-9-10-18(28-17)20(26)24-23-19(25)12-27-16-4-2-1-3-14(16)11-22/h1-10H,12H2,(H,23,25)(H,24,26). The average molecular weight is 379 g/mol. The topological polar surface area (TPSA) is 104 Å². The Morgan fingerprint density at radius 3 is 2.54 bits per heavy atom. The zero-order chi connectivity index (χ0) is 19.9. The van der Waals surface area contributed by atoms with Crippen LogP contribution in [0.5, 0.6) is 5.75 Å². The molecule has 0 saturated heterocycles. The molecule has 3 rings (SSSR count). The summed E-state index contributed by atoms with van der Waals surface area (Å²) >= 11 is 0. The third-order valence-corrected chi connectivity index (χ3v) is 3.64. The van der Waals surface area contributed by atoms with Crippen LogP contribution in [0, 0.1) is 17.1 Å². The summed E-state index contributed by atoms with van der Waals surface area (Å²) in [5, 5.41) is 8.97. The maximum absolute atomic E-state index is 13.0. The third kappa shape index (κ3) is 4.53. The third-order valence-electron chi connectivity index (χ3n) is 3.64. The number of para-hydroxylation sites is 1. The van der Waals surface area contributed by atoms with Crippen molar-refractivity contribution >= 4 is 11.8 Å². The largest absolute Gasteiger partial charge is 0.482 e. The number of hydrogen-bond acceptors (Lipinski definition) is 5. The van der Waals surface area contributed by atoms with Crippen molar-refractivity contribution in [3.05, 3.63) is 77.8 Å². The van der Waals surface area contributed by atoms with Crippen LogP contribution in [0.3, 0.4) is 0 Å². The number of ether oxygens (including phenoxy) is 1. The summed E-state index contributed by atoms with van der Waals surface area (Å²) in [4.78, 5) is 23.9. The molecule has 3 aromatic rings. The highest BCUT2D eigenvalue weighted by molar-refractivity contribution is 5.93. The van der Waals surface area contributed by atoms with E-state index in [-0.39, 0.29) is 17.3 Å². The van der Waals surface area contributed by atoms with E-state index in [1.54, 1.807) is 30.3 Å². The zero-order valence-electron chi connectivity index (χ0n) is 14.4. The minimum atomic E-state index is -0.667. The van der Waals surface area contributed by atoms with Gasteiger partial charge in [-0.2, -0.15) is 5.26 Å². The van der Waals surface area contributed by atoms with Gasteiger partial charge in [0.25, 0.3) is 5.91 Å². The van der Waals surface area contributed by atoms with Gasteiger partial charge in [-0.3, -0.25) is 20.4 Å². The second-order valence-electron chi connectivity index (χ2n) is 5.57. The molecule has 8 heteroatoms. The maximum atomic E-state index is 13.0. The molecule has 28 heavy (non-hydrogen) atoms. The molecule has 2 amide bonds.